The van der Waals surface area contributed by atoms with Crippen LogP contribution in [-0.4, -0.2) is 21.6 Å². The molecule has 0 spiro atoms. The molecule has 0 saturated heterocycles. The van der Waals surface area contributed by atoms with Gasteiger partial charge in [0.25, 0.3) is 0 Å². The number of hydrogen-bond donors (Lipinski definition) is 1. The van der Waals surface area contributed by atoms with Crippen LogP contribution in [0.15, 0.2) is 30.5 Å². The molecule has 2 nitrogen and oxygen atoms in total. The number of benzene rings is 1. The van der Waals surface area contributed by atoms with Crippen molar-refractivity contribution in [1.29, 1.82) is 0 Å². The first kappa shape index (κ1) is 11.5. The smallest absolute Gasteiger partial charge is 0.104 e. The van der Waals surface area contributed by atoms with Gasteiger partial charge in [-0.3, -0.25) is 0 Å². The second kappa shape index (κ2) is 4.89. The first-order valence-electron chi connectivity index (χ1n) is 5.10. The molecular weight excluding hydrogens is 236 g/mol. The summed E-state index contributed by atoms with van der Waals surface area (Å²) in [4.78, 5) is 0.457. The molecule has 0 aliphatic carbocycles. The van der Waals surface area contributed by atoms with E-state index in [2.05, 4.69) is 29.2 Å². The number of hydrogen-bond acceptors (Lipinski definition) is 2. The summed E-state index contributed by atoms with van der Waals surface area (Å²) < 4.78 is 2.26. The summed E-state index contributed by atoms with van der Waals surface area (Å²) in [6.45, 7) is 1.04. The highest BCUT2D eigenvalue weighted by Crippen LogP contribution is 2.18. The van der Waals surface area contributed by atoms with Crippen LogP contribution in [0.25, 0.3) is 10.9 Å². The molecule has 0 unspecified atom stereocenters. The van der Waals surface area contributed by atoms with Gasteiger partial charge < -0.3 is 10.3 Å². The summed E-state index contributed by atoms with van der Waals surface area (Å²) in [5.74, 6) is 1.13. The molecule has 0 atom stereocenters. The second-order valence-corrected chi connectivity index (χ2v) is 5.07. The Hall–Kier alpha value is -1.00. The van der Waals surface area contributed by atoms with Crippen LogP contribution >= 0.6 is 24.0 Å². The Morgan fingerprint density at radius 3 is 2.94 bits per heavy atom. The predicted octanol–water partition coefficient (Wildman–Crippen LogP) is 2.64. The summed E-state index contributed by atoms with van der Waals surface area (Å²) in [6.07, 6.45) is 4.24. The van der Waals surface area contributed by atoms with E-state index < -0.39 is 0 Å². The quantitative estimate of drug-likeness (QED) is 0.846. The number of rotatable bonds is 4. The molecule has 2 rings (SSSR count). The van der Waals surface area contributed by atoms with Crippen molar-refractivity contribution >= 4 is 39.9 Å². The topological polar surface area (TPSA) is 30.9 Å². The molecule has 16 heavy (non-hydrogen) atoms. The molecule has 0 aliphatic heterocycles. The number of aromatic nitrogens is 1. The summed E-state index contributed by atoms with van der Waals surface area (Å²) in [5.41, 5.74) is 7.79. The molecule has 1 aromatic carbocycles. The maximum atomic E-state index is 5.61. The number of aryl methyl sites for hydroxylation is 1. The van der Waals surface area contributed by atoms with E-state index in [9.17, 15) is 0 Å². The summed E-state index contributed by atoms with van der Waals surface area (Å²) in [6, 6.07) is 8.23. The van der Waals surface area contributed by atoms with Gasteiger partial charge in [-0.05, 0) is 30.5 Å². The Kier molecular flexibility index (Phi) is 3.51. The van der Waals surface area contributed by atoms with Crippen LogP contribution in [0.3, 0.4) is 0 Å². The van der Waals surface area contributed by atoms with Gasteiger partial charge in [0.1, 0.15) is 4.99 Å². The molecule has 0 saturated carbocycles. The van der Waals surface area contributed by atoms with Crippen LogP contribution in [-0.2, 0) is 6.54 Å². The molecule has 2 N–H and O–H groups in total. The van der Waals surface area contributed by atoms with E-state index in [1.54, 1.807) is 0 Å². The van der Waals surface area contributed by atoms with Gasteiger partial charge in [-0.25, -0.2) is 0 Å². The van der Waals surface area contributed by atoms with Gasteiger partial charge in [-0.15, -0.1) is 0 Å². The Morgan fingerprint density at radius 2 is 2.25 bits per heavy atom. The zero-order valence-corrected chi connectivity index (χ0v) is 10.8. The Labute approximate surface area is 105 Å². The molecule has 0 radical (unpaired) electrons. The normalized spacial score (nSPS) is 10.8. The summed E-state index contributed by atoms with van der Waals surface area (Å²) in [7, 11) is 0. The lowest BCUT2D eigenvalue weighted by Gasteiger charge is -2.04. The fourth-order valence-corrected chi connectivity index (χ4v) is 2.24. The van der Waals surface area contributed by atoms with Gasteiger partial charge in [0.05, 0.1) is 0 Å². The SMILES string of the molecule is CSCCn1ccc2cc(C(N)=S)ccc21. The molecule has 2 aromatic rings. The molecule has 4 heteroatoms. The van der Waals surface area contributed by atoms with Crippen molar-refractivity contribution in [1.82, 2.24) is 4.57 Å². The highest BCUT2D eigenvalue weighted by Gasteiger charge is 2.03. The second-order valence-electron chi connectivity index (χ2n) is 3.64. The van der Waals surface area contributed by atoms with Crippen molar-refractivity contribution < 1.29 is 0 Å². The van der Waals surface area contributed by atoms with Crippen molar-refractivity contribution in [2.75, 3.05) is 12.0 Å². The third-order valence-corrected chi connectivity index (χ3v) is 3.42. The monoisotopic (exact) mass is 250 g/mol. The predicted molar refractivity (Wildman–Crippen MR) is 76.2 cm³/mol. The Bertz CT molecular complexity index is 517. The van der Waals surface area contributed by atoms with E-state index in [0.717, 1.165) is 17.9 Å². The minimum Gasteiger partial charge on any atom is -0.389 e. The standard InChI is InChI=1S/C12H14N2S2/c1-16-7-6-14-5-4-9-8-10(12(13)15)2-3-11(9)14/h2-5,8H,6-7H2,1H3,(H2,13,15). The van der Waals surface area contributed by atoms with Crippen molar-refractivity contribution in [2.45, 2.75) is 6.54 Å². The lowest BCUT2D eigenvalue weighted by molar-refractivity contribution is 0.808. The third-order valence-electron chi connectivity index (χ3n) is 2.59. The van der Waals surface area contributed by atoms with Crippen molar-refractivity contribution in [3.63, 3.8) is 0 Å². The molecule has 0 bridgehead atoms. The number of thioether (sulfide) groups is 1. The highest BCUT2D eigenvalue weighted by atomic mass is 32.2. The van der Waals surface area contributed by atoms with E-state index in [1.165, 1.54) is 10.9 Å². The molecule has 0 fully saturated rings. The van der Waals surface area contributed by atoms with Gasteiger partial charge in [-0.1, -0.05) is 12.2 Å². The largest absolute Gasteiger partial charge is 0.389 e. The zero-order valence-electron chi connectivity index (χ0n) is 9.14. The first-order valence-corrected chi connectivity index (χ1v) is 6.90. The average Bonchev–Trinajstić information content (AvgIpc) is 2.68. The van der Waals surface area contributed by atoms with Gasteiger partial charge in [-0.2, -0.15) is 11.8 Å². The van der Waals surface area contributed by atoms with E-state index in [0.29, 0.717) is 4.99 Å². The van der Waals surface area contributed by atoms with Gasteiger partial charge >= 0.3 is 0 Å². The maximum absolute atomic E-state index is 5.61. The van der Waals surface area contributed by atoms with Crippen molar-refractivity contribution in [2.24, 2.45) is 5.73 Å². The van der Waals surface area contributed by atoms with Crippen LogP contribution in [0.5, 0.6) is 0 Å². The van der Waals surface area contributed by atoms with Crippen LogP contribution in [0, 0.1) is 0 Å². The lowest BCUT2D eigenvalue weighted by atomic mass is 10.1. The van der Waals surface area contributed by atoms with Gasteiger partial charge in [0, 0.05) is 35.0 Å². The third kappa shape index (κ3) is 2.23. The Morgan fingerprint density at radius 1 is 1.44 bits per heavy atom. The lowest BCUT2D eigenvalue weighted by Crippen LogP contribution is -2.08. The van der Waals surface area contributed by atoms with Gasteiger partial charge in [0.15, 0.2) is 0 Å². The van der Waals surface area contributed by atoms with Crippen LogP contribution in [0.4, 0.5) is 0 Å². The highest BCUT2D eigenvalue weighted by molar-refractivity contribution is 7.98. The Balaban J connectivity index is 2.38. The summed E-state index contributed by atoms with van der Waals surface area (Å²) in [5, 5.41) is 1.20. The van der Waals surface area contributed by atoms with Crippen molar-refractivity contribution in [3.05, 3.63) is 36.0 Å². The minimum absolute atomic E-state index is 0.457. The van der Waals surface area contributed by atoms with Crippen LogP contribution in [0.1, 0.15) is 5.56 Å². The van der Waals surface area contributed by atoms with E-state index in [4.69, 9.17) is 18.0 Å². The molecule has 1 aromatic heterocycles. The molecule has 1 heterocycles. The summed E-state index contributed by atoms with van der Waals surface area (Å²) >= 11 is 6.82. The molecule has 0 aliphatic rings. The zero-order chi connectivity index (χ0) is 11.5. The van der Waals surface area contributed by atoms with E-state index >= 15 is 0 Å². The number of nitrogens with two attached hydrogens (primary N) is 1. The first-order chi connectivity index (χ1) is 7.72. The van der Waals surface area contributed by atoms with Crippen LogP contribution < -0.4 is 5.73 Å². The van der Waals surface area contributed by atoms with Crippen molar-refractivity contribution in [3.8, 4) is 0 Å². The fraction of sp³-hybridized carbons (Fsp3) is 0.250. The number of thiocarbonyl (C=S) groups is 1. The van der Waals surface area contributed by atoms with E-state index in [1.807, 2.05) is 23.9 Å². The average molecular weight is 250 g/mol. The number of nitrogens with zero attached hydrogens (tertiary/aromatic N) is 1. The number of fused-ring (bicyclic) bond motifs is 1. The maximum Gasteiger partial charge on any atom is 0.104 e. The molecular formula is C12H14N2S2. The fourth-order valence-electron chi connectivity index (χ4n) is 1.74. The van der Waals surface area contributed by atoms with E-state index in [-0.39, 0.29) is 0 Å². The van der Waals surface area contributed by atoms with Crippen LogP contribution in [0.2, 0.25) is 0 Å². The van der Waals surface area contributed by atoms with Gasteiger partial charge in [0.2, 0.25) is 0 Å². The molecule has 84 valence electrons. The molecule has 0 amide bonds. The minimum atomic E-state index is 0.457.